The second kappa shape index (κ2) is 58.6. The smallest absolute Gasteiger partial charge is 2.00 e. The largest absolute Gasteiger partial charge is 2.00 e. The molecule has 0 fully saturated rings. The molecule has 0 amide bonds. The fourth-order valence-corrected chi connectivity index (χ4v) is 0. The summed E-state index contributed by atoms with van der Waals surface area (Å²) in [5.41, 5.74) is 0. The van der Waals surface area contributed by atoms with Crippen molar-refractivity contribution in [3.8, 4) is 0 Å². The van der Waals surface area contributed by atoms with Gasteiger partial charge in [0.15, 0.2) is 0 Å². The molecule has 0 aliphatic rings. The molecule has 15 nitrogen and oxygen atoms in total. The number of hydrogen-bond donors (Lipinski definition) is 0. The molecule has 0 aliphatic carbocycles. The molecule has 5 radical (unpaired) electrons. The average molecular weight is 642 g/mol. The van der Waals surface area contributed by atoms with Gasteiger partial charge in [-0.25, -0.2) is 0 Å². The third-order valence-electron chi connectivity index (χ3n) is 0. The molecule has 0 unspecified atom stereocenters. The van der Waals surface area contributed by atoms with Gasteiger partial charge >= 0.3 is 180 Å². The molecule has 0 rings (SSSR count). The molecule has 0 aromatic heterocycles. The Hall–Kier alpha value is 5.79. The summed E-state index contributed by atoms with van der Waals surface area (Å²) in [4.78, 5) is 76.9. The van der Waals surface area contributed by atoms with Gasteiger partial charge in [0.2, 0.25) is 0 Å². The molecule has 0 N–H and O–H groups in total. The third kappa shape index (κ3) is 898. The maximum atomic E-state index is 8.55. The van der Waals surface area contributed by atoms with Gasteiger partial charge in [0, 0.05) is 0 Å². The summed E-state index contributed by atoms with van der Waals surface area (Å²) in [7, 11) is -16.2. The monoisotopic (exact) mass is 643 g/mol. The van der Waals surface area contributed by atoms with E-state index in [0.717, 1.165) is 0 Å². The van der Waals surface area contributed by atoms with Crippen LogP contribution in [0.15, 0.2) is 0 Å². The Morgan fingerprint density at radius 2 is 0.321 bits per heavy atom. The normalized spacial score (nSPS) is 6.32. The van der Waals surface area contributed by atoms with Crippen LogP contribution in [0, 0.1) is 0 Å². The minimum Gasteiger partial charge on any atom is -2.00 e. The molecule has 0 saturated carbocycles. The summed E-state index contributed by atoms with van der Waals surface area (Å²) in [5, 5.41) is 0. The molecule has 0 atom stereocenters. The van der Waals surface area contributed by atoms with Crippen molar-refractivity contribution in [2.45, 2.75) is 0 Å². The summed E-state index contributed by atoms with van der Waals surface area (Å²) >= 11 is 0. The van der Waals surface area contributed by atoms with Crippen LogP contribution < -0.4 is 138 Å². The Labute approximate surface area is 273 Å². The van der Waals surface area contributed by atoms with Gasteiger partial charge in [-0.05, 0) is 0 Å². The number of phosphoric acid groups is 3. The van der Waals surface area contributed by atoms with E-state index in [4.69, 9.17) is 57.7 Å². The Morgan fingerprint density at radius 1 is 0.321 bits per heavy atom. The Kier molecular flexibility index (Phi) is 240. The van der Waals surface area contributed by atoms with E-state index >= 15 is 0 Å². The maximum absolute atomic E-state index is 8.55. The van der Waals surface area contributed by atoms with Crippen LogP contribution >= 0.6 is 23.5 Å². The fraction of sp³-hybridized carbons (Fsp3) is 0. The van der Waals surface area contributed by atoms with Crippen LogP contribution in [-0.2, 0) is 115 Å². The minimum absolute atomic E-state index is 0. The first kappa shape index (κ1) is 115. The molecule has 0 spiro atoms. The molecule has 28 heteroatoms. The van der Waals surface area contributed by atoms with E-state index in [1.807, 2.05) is 0 Å². The predicted molar refractivity (Wildman–Crippen MR) is 24.9 cm³/mol. The van der Waals surface area contributed by atoms with E-state index in [0.29, 0.717) is 0 Å². The predicted octanol–water partition coefficient (Wildman–Crippen LogP) is -23.8. The molecular formula is Li5Mn5O15P3. The van der Waals surface area contributed by atoms with Crippen LogP contribution in [0.3, 0.4) is 0 Å². The second-order valence-electron chi connectivity index (χ2n) is 1.34. The first-order valence-corrected chi connectivity index (χ1v) is 6.57. The average Bonchev–Trinajstić information content (AvgIpc) is 1.41. The molecule has 0 aromatic carbocycles. The summed E-state index contributed by atoms with van der Waals surface area (Å²) in [6.07, 6.45) is 0. The fourth-order valence-electron chi connectivity index (χ4n) is 0. The van der Waals surface area contributed by atoms with Crippen molar-refractivity contribution < 1.29 is 254 Å². The van der Waals surface area contributed by atoms with E-state index in [-0.39, 0.29) is 196 Å². The Bertz CT molecular complexity index is 234. The van der Waals surface area contributed by atoms with Crippen LogP contribution in [0.4, 0.5) is 0 Å². The van der Waals surface area contributed by atoms with Crippen molar-refractivity contribution in [1.29, 1.82) is 0 Å². The Balaban J connectivity index is -0.00000000447. The first-order chi connectivity index (χ1) is 6.00. The van der Waals surface area contributed by atoms with Crippen molar-refractivity contribution in [1.82, 2.24) is 0 Å². The molecular weight excluding hydrogens is 642 g/mol. The van der Waals surface area contributed by atoms with Crippen molar-refractivity contribution in [2.75, 3.05) is 0 Å². The van der Waals surface area contributed by atoms with Gasteiger partial charge in [0.05, 0.1) is 0 Å². The zero-order chi connectivity index (χ0) is 13.5. The van der Waals surface area contributed by atoms with E-state index in [2.05, 4.69) is 0 Å². The van der Waals surface area contributed by atoms with E-state index in [1.54, 1.807) is 0 Å². The first-order valence-electron chi connectivity index (χ1n) is 2.19. The third-order valence-corrected chi connectivity index (χ3v) is 0. The second-order valence-corrected chi connectivity index (χ2v) is 4.02. The molecule has 28 heavy (non-hydrogen) atoms. The summed E-state index contributed by atoms with van der Waals surface area (Å²) < 4.78 is 25.6. The van der Waals surface area contributed by atoms with Gasteiger partial charge in [0.1, 0.15) is 0 Å². The minimum atomic E-state index is -5.39. The summed E-state index contributed by atoms with van der Waals surface area (Å²) in [5.74, 6) is 0. The maximum Gasteiger partial charge on any atom is 2.00 e. The van der Waals surface area contributed by atoms with E-state index in [1.165, 1.54) is 0 Å². The number of hydrogen-bond acceptors (Lipinski definition) is 12. The van der Waals surface area contributed by atoms with Gasteiger partial charge in [-0.3, -0.25) is 0 Å². The molecule has 0 heterocycles. The molecule has 0 saturated heterocycles. The van der Waals surface area contributed by atoms with E-state index in [9.17, 15) is 0 Å². The van der Waals surface area contributed by atoms with Crippen molar-refractivity contribution in [2.24, 2.45) is 0 Å². The van der Waals surface area contributed by atoms with Gasteiger partial charge in [-0.2, -0.15) is 23.5 Å². The molecule has 0 aliphatic heterocycles. The van der Waals surface area contributed by atoms with Gasteiger partial charge in [0.25, 0.3) is 0 Å². The molecule has 0 bridgehead atoms. The molecule has 145 valence electrons. The van der Waals surface area contributed by atoms with Crippen LogP contribution in [0.5, 0.6) is 0 Å². The zero-order valence-electron chi connectivity index (χ0n) is 14.4. The van der Waals surface area contributed by atoms with Gasteiger partial charge in [-0.1, -0.05) is 0 Å². The van der Waals surface area contributed by atoms with Crippen LogP contribution in [0.1, 0.15) is 0 Å². The zero-order valence-corrected chi connectivity index (χ0v) is 22.9. The van der Waals surface area contributed by atoms with Crippen LogP contribution in [-0.4, -0.2) is 0 Å². The quantitative estimate of drug-likeness (QED) is 0.176. The van der Waals surface area contributed by atoms with E-state index < -0.39 is 23.5 Å². The Morgan fingerprint density at radius 3 is 0.321 bits per heavy atom. The van der Waals surface area contributed by atoms with Crippen molar-refractivity contribution in [3.05, 3.63) is 0 Å². The van der Waals surface area contributed by atoms with Crippen molar-refractivity contribution in [3.63, 3.8) is 0 Å². The summed E-state index contributed by atoms with van der Waals surface area (Å²) in [6.45, 7) is 0. The van der Waals surface area contributed by atoms with Crippen LogP contribution in [0.2, 0.25) is 0 Å². The topological polar surface area (TPSA) is 344 Å². The summed E-state index contributed by atoms with van der Waals surface area (Å²) in [6, 6.07) is 0. The molecule has 0 aromatic rings. The van der Waals surface area contributed by atoms with Gasteiger partial charge in [-0.15, -0.1) is 0 Å². The standard InChI is InChI=1S/5Li.5Mn.3H3O4P.3O/c;;;;;;;;;;3*1-5(2,3)4;;;/h;;;;;;;;;;3*(H3,1,2,3,4);;;/q5*+1;5*+2;;;;3*-2/p-9. The van der Waals surface area contributed by atoms with Crippen molar-refractivity contribution >= 4 is 23.5 Å². The SMILES string of the molecule is O=P([O-])([O-])[O-].O=P([O-])([O-])[O-].O=P([O-])([O-])[O-].[Li+].[Li+].[Li+].[Li+].[Li+].[Mn+2].[Mn+2].[Mn+2].[Mn+2].[Mn+2].[O-2].[O-2].[O-2]. The van der Waals surface area contributed by atoms with Crippen LogP contribution in [0.25, 0.3) is 0 Å². The number of rotatable bonds is 0. The van der Waals surface area contributed by atoms with Gasteiger partial charge < -0.3 is 74.2 Å².